The zero-order valence-electron chi connectivity index (χ0n) is 16.7. The number of benzene rings is 2. The van der Waals surface area contributed by atoms with E-state index in [1.165, 1.54) is 42.5 Å². The fraction of sp³-hybridized carbons (Fsp3) is 0.182. The van der Waals surface area contributed by atoms with Crippen molar-refractivity contribution in [2.75, 3.05) is 0 Å². The van der Waals surface area contributed by atoms with E-state index in [4.69, 9.17) is 9.25 Å². The number of rotatable bonds is 3. The number of amides is 2. The SMILES string of the molecule is CC.O=C(ON1C(=O)CCC1=O)c1ccc(-c2cc(=O)c3ccc(O)c(O)c3o2)cc1. The van der Waals surface area contributed by atoms with Crippen molar-refractivity contribution in [3.8, 4) is 22.8 Å². The van der Waals surface area contributed by atoms with Crippen molar-refractivity contribution in [2.45, 2.75) is 26.7 Å². The number of carbonyl (C=O) groups excluding carboxylic acids is 3. The Hall–Kier alpha value is -4.14. The van der Waals surface area contributed by atoms with Crippen LogP contribution in [0.5, 0.6) is 11.5 Å². The van der Waals surface area contributed by atoms with Crippen LogP contribution in [0.15, 0.2) is 51.7 Å². The van der Waals surface area contributed by atoms with Gasteiger partial charge in [0.15, 0.2) is 16.8 Å². The topological polar surface area (TPSA) is 134 Å². The van der Waals surface area contributed by atoms with Crippen molar-refractivity contribution in [2.24, 2.45) is 0 Å². The van der Waals surface area contributed by atoms with Crippen LogP contribution in [0, 0.1) is 0 Å². The second-order valence-electron chi connectivity index (χ2n) is 6.32. The molecule has 1 aromatic heterocycles. The van der Waals surface area contributed by atoms with Gasteiger partial charge < -0.3 is 19.5 Å². The lowest BCUT2D eigenvalue weighted by atomic mass is 10.1. The lowest BCUT2D eigenvalue weighted by molar-refractivity contribution is -0.172. The highest BCUT2D eigenvalue weighted by Crippen LogP contribution is 2.34. The second-order valence-corrected chi connectivity index (χ2v) is 6.32. The van der Waals surface area contributed by atoms with E-state index in [9.17, 15) is 29.4 Å². The van der Waals surface area contributed by atoms with Crippen LogP contribution in [0.2, 0.25) is 0 Å². The molecule has 0 atom stereocenters. The van der Waals surface area contributed by atoms with Gasteiger partial charge in [0.25, 0.3) is 11.8 Å². The van der Waals surface area contributed by atoms with E-state index in [2.05, 4.69) is 0 Å². The number of hydrogen-bond acceptors (Lipinski definition) is 8. The molecule has 1 saturated heterocycles. The van der Waals surface area contributed by atoms with Crippen LogP contribution in [0.1, 0.15) is 37.0 Å². The van der Waals surface area contributed by atoms with E-state index in [1.54, 1.807) is 0 Å². The van der Waals surface area contributed by atoms with Crippen molar-refractivity contribution in [3.05, 3.63) is 58.3 Å². The quantitative estimate of drug-likeness (QED) is 0.483. The van der Waals surface area contributed by atoms with Gasteiger partial charge in [0.1, 0.15) is 5.76 Å². The maximum absolute atomic E-state index is 12.3. The highest BCUT2D eigenvalue weighted by molar-refractivity contribution is 6.02. The molecule has 9 heteroatoms. The minimum atomic E-state index is -0.886. The first-order valence-corrected chi connectivity index (χ1v) is 9.52. The summed E-state index contributed by atoms with van der Waals surface area (Å²) in [4.78, 5) is 52.3. The molecule has 2 heterocycles. The Morgan fingerprint density at radius 2 is 1.58 bits per heavy atom. The van der Waals surface area contributed by atoms with Crippen LogP contribution in [0.3, 0.4) is 0 Å². The van der Waals surface area contributed by atoms with Crippen molar-refractivity contribution < 1.29 is 33.9 Å². The number of carbonyl (C=O) groups is 3. The Labute approximate surface area is 176 Å². The Bertz CT molecular complexity index is 1210. The molecule has 0 unspecified atom stereocenters. The first-order chi connectivity index (χ1) is 14.8. The molecule has 0 spiro atoms. The standard InChI is InChI=1S/C20H13NO8.C2H6/c22-13-6-5-12-14(23)9-15(28-19(12)18(13)26)10-1-3-11(4-2-10)20(27)29-21-16(24)7-8-17(21)25;1-2/h1-6,9,22,26H,7-8H2;1-2H3. The zero-order valence-corrected chi connectivity index (χ0v) is 16.7. The summed E-state index contributed by atoms with van der Waals surface area (Å²) in [5, 5.41) is 20.1. The van der Waals surface area contributed by atoms with Gasteiger partial charge in [0.2, 0.25) is 5.75 Å². The molecular weight excluding hydrogens is 406 g/mol. The highest BCUT2D eigenvalue weighted by Gasteiger charge is 2.33. The minimum absolute atomic E-state index is 0.00551. The number of hydroxylamine groups is 2. The number of nitrogens with zero attached hydrogens (tertiary/aromatic N) is 1. The second kappa shape index (κ2) is 8.70. The van der Waals surface area contributed by atoms with Crippen molar-refractivity contribution in [1.82, 2.24) is 5.06 Å². The molecule has 4 rings (SSSR count). The molecule has 1 aliphatic rings. The van der Waals surface area contributed by atoms with Crippen LogP contribution in [0.25, 0.3) is 22.3 Å². The average Bonchev–Trinajstić information content (AvgIpc) is 3.10. The lowest BCUT2D eigenvalue weighted by Gasteiger charge is -2.12. The predicted octanol–water partition coefficient (Wildman–Crippen LogP) is 3.12. The van der Waals surface area contributed by atoms with E-state index in [0.717, 1.165) is 0 Å². The molecule has 2 N–H and O–H groups in total. The molecule has 160 valence electrons. The monoisotopic (exact) mass is 425 g/mol. The fourth-order valence-corrected chi connectivity index (χ4v) is 2.90. The summed E-state index contributed by atoms with van der Waals surface area (Å²) in [5.41, 5.74) is -0.102. The predicted molar refractivity (Wildman–Crippen MR) is 109 cm³/mol. The summed E-state index contributed by atoms with van der Waals surface area (Å²) in [7, 11) is 0. The van der Waals surface area contributed by atoms with Crippen LogP contribution in [-0.4, -0.2) is 33.1 Å². The molecule has 3 aromatic rings. The number of fused-ring (bicyclic) bond motifs is 1. The molecule has 0 radical (unpaired) electrons. The third-order valence-corrected chi connectivity index (χ3v) is 4.43. The lowest BCUT2D eigenvalue weighted by Crippen LogP contribution is -2.32. The van der Waals surface area contributed by atoms with E-state index in [-0.39, 0.29) is 35.1 Å². The normalized spacial score (nSPS) is 13.2. The summed E-state index contributed by atoms with van der Waals surface area (Å²) < 4.78 is 5.55. The summed E-state index contributed by atoms with van der Waals surface area (Å²) in [6, 6.07) is 9.41. The third-order valence-electron chi connectivity index (χ3n) is 4.43. The third kappa shape index (κ3) is 4.11. The molecule has 0 aliphatic carbocycles. The summed E-state index contributed by atoms with van der Waals surface area (Å²) in [6.45, 7) is 4.00. The van der Waals surface area contributed by atoms with E-state index in [1.807, 2.05) is 13.8 Å². The smallest absolute Gasteiger partial charge is 0.363 e. The minimum Gasteiger partial charge on any atom is -0.504 e. The molecule has 31 heavy (non-hydrogen) atoms. The van der Waals surface area contributed by atoms with Gasteiger partial charge in [0, 0.05) is 24.5 Å². The van der Waals surface area contributed by atoms with Crippen LogP contribution >= 0.6 is 0 Å². The first kappa shape index (κ1) is 21.6. The molecule has 2 amide bonds. The summed E-state index contributed by atoms with van der Waals surface area (Å²) in [5.74, 6) is -2.93. The van der Waals surface area contributed by atoms with E-state index >= 15 is 0 Å². The van der Waals surface area contributed by atoms with Crippen LogP contribution in [0.4, 0.5) is 0 Å². The number of hydrogen-bond donors (Lipinski definition) is 2. The largest absolute Gasteiger partial charge is 0.504 e. The van der Waals surface area contributed by atoms with Crippen molar-refractivity contribution in [1.29, 1.82) is 0 Å². The maximum atomic E-state index is 12.3. The maximum Gasteiger partial charge on any atom is 0.363 e. The average molecular weight is 425 g/mol. The van der Waals surface area contributed by atoms with Gasteiger partial charge in [-0.2, -0.15) is 0 Å². The fourth-order valence-electron chi connectivity index (χ4n) is 2.90. The summed E-state index contributed by atoms with van der Waals surface area (Å²) in [6.07, 6.45) is -0.0110. The van der Waals surface area contributed by atoms with Gasteiger partial charge in [0.05, 0.1) is 10.9 Å². The van der Waals surface area contributed by atoms with Gasteiger partial charge in [-0.25, -0.2) is 4.79 Å². The van der Waals surface area contributed by atoms with Gasteiger partial charge in [-0.05, 0) is 24.3 Å². The molecule has 0 saturated carbocycles. The molecule has 1 aliphatic heterocycles. The number of phenolic OH excluding ortho intramolecular Hbond substituents is 2. The molecule has 1 fully saturated rings. The van der Waals surface area contributed by atoms with Gasteiger partial charge in [-0.3, -0.25) is 14.4 Å². The molecular formula is C22H19NO8. The van der Waals surface area contributed by atoms with Crippen LogP contribution < -0.4 is 5.43 Å². The Morgan fingerprint density at radius 3 is 2.19 bits per heavy atom. The Balaban J connectivity index is 0.00000132. The van der Waals surface area contributed by atoms with Gasteiger partial charge in [-0.1, -0.05) is 26.0 Å². The van der Waals surface area contributed by atoms with E-state index < -0.39 is 34.7 Å². The number of aromatic hydroxyl groups is 2. The Kier molecular flexibility index (Phi) is 6.05. The Morgan fingerprint density at radius 1 is 0.968 bits per heavy atom. The zero-order chi connectivity index (χ0) is 22.7. The first-order valence-electron chi connectivity index (χ1n) is 9.52. The van der Waals surface area contributed by atoms with Gasteiger partial charge >= 0.3 is 5.97 Å². The van der Waals surface area contributed by atoms with E-state index in [0.29, 0.717) is 10.6 Å². The van der Waals surface area contributed by atoms with Crippen molar-refractivity contribution >= 4 is 28.8 Å². The van der Waals surface area contributed by atoms with Crippen LogP contribution in [-0.2, 0) is 14.4 Å². The number of imide groups is 1. The molecule has 0 bridgehead atoms. The van der Waals surface area contributed by atoms with Crippen molar-refractivity contribution in [3.63, 3.8) is 0 Å². The molecule has 9 nitrogen and oxygen atoms in total. The summed E-state index contributed by atoms with van der Waals surface area (Å²) >= 11 is 0. The molecule has 2 aromatic carbocycles. The highest BCUT2D eigenvalue weighted by atomic mass is 16.7. The number of phenols is 2. The van der Waals surface area contributed by atoms with Gasteiger partial charge in [-0.15, -0.1) is 5.06 Å².